The second kappa shape index (κ2) is 7.51. The highest BCUT2D eigenvalue weighted by molar-refractivity contribution is 6.24. The average molecular weight is 443 g/mol. The van der Waals surface area contributed by atoms with E-state index in [1.807, 2.05) is 12.1 Å². The van der Waals surface area contributed by atoms with Crippen LogP contribution in [0.4, 0.5) is 0 Å². The lowest BCUT2D eigenvalue weighted by molar-refractivity contribution is -0.138. The summed E-state index contributed by atoms with van der Waals surface area (Å²) in [7, 11) is 1.50. The molecule has 1 aromatic rings. The van der Waals surface area contributed by atoms with E-state index in [0.29, 0.717) is 40.7 Å². The van der Waals surface area contributed by atoms with E-state index in [9.17, 15) is 24.3 Å². The van der Waals surface area contributed by atoms with Crippen LogP contribution in [0, 0.1) is 17.8 Å². The van der Waals surface area contributed by atoms with Crippen LogP contribution in [0.1, 0.15) is 36.8 Å². The van der Waals surface area contributed by atoms with Gasteiger partial charge in [-0.3, -0.25) is 24.1 Å². The highest BCUT2D eigenvalue weighted by Gasteiger charge is 2.55. The van der Waals surface area contributed by atoms with Gasteiger partial charge in [0.2, 0.25) is 11.8 Å². The van der Waals surface area contributed by atoms with E-state index in [-0.39, 0.29) is 41.5 Å². The lowest BCUT2D eigenvalue weighted by atomic mass is 9.59. The average Bonchev–Trinajstić information content (AvgIpc) is 3.02. The van der Waals surface area contributed by atoms with Gasteiger partial charge in [0.05, 0.1) is 11.8 Å². The quantitative estimate of drug-likeness (QED) is 0.440. The number of phenols is 1. The third-order valence-electron chi connectivity index (χ3n) is 7.61. The van der Waals surface area contributed by atoms with Crippen molar-refractivity contribution in [3.63, 3.8) is 0 Å². The molecule has 1 N–H and O–H groups in total. The number of carbonyl (C=O) groups is 4. The molecular formula is C27H25NO5. The number of carbonyl (C=O) groups excluding carboxylic acids is 4. The van der Waals surface area contributed by atoms with Crippen LogP contribution < -0.4 is 0 Å². The van der Waals surface area contributed by atoms with Gasteiger partial charge in [-0.2, -0.15) is 0 Å². The molecule has 1 fully saturated rings. The highest BCUT2D eigenvalue weighted by atomic mass is 16.3. The first-order valence-electron chi connectivity index (χ1n) is 11.2. The number of nitrogens with zero attached hydrogens (tertiary/aromatic N) is 1. The number of para-hydroxylation sites is 1. The van der Waals surface area contributed by atoms with Crippen molar-refractivity contribution in [3.8, 4) is 5.75 Å². The van der Waals surface area contributed by atoms with E-state index in [0.717, 1.165) is 5.57 Å². The van der Waals surface area contributed by atoms with Gasteiger partial charge in [0.15, 0.2) is 11.6 Å². The predicted octanol–water partition coefficient (Wildman–Crippen LogP) is 3.18. The lowest BCUT2D eigenvalue weighted by Crippen LogP contribution is -2.39. The molecule has 0 spiro atoms. The SMILES string of the molecule is C=CCc1cccc(C2C3=CCC4C(=O)N(C)C(=O)C4C3CC3=C2C(=O)C(C)=CC3=O)c1O. The van der Waals surface area contributed by atoms with Crippen molar-refractivity contribution in [1.29, 1.82) is 0 Å². The summed E-state index contributed by atoms with van der Waals surface area (Å²) in [5.41, 5.74) is 3.20. The maximum absolute atomic E-state index is 13.3. The summed E-state index contributed by atoms with van der Waals surface area (Å²) < 4.78 is 0. The van der Waals surface area contributed by atoms with E-state index in [4.69, 9.17) is 0 Å². The molecule has 4 aliphatic rings. The number of allylic oxidation sites excluding steroid dienone is 7. The van der Waals surface area contributed by atoms with Crippen LogP contribution in [-0.4, -0.2) is 40.4 Å². The van der Waals surface area contributed by atoms with Crippen molar-refractivity contribution < 1.29 is 24.3 Å². The van der Waals surface area contributed by atoms with Gasteiger partial charge in [-0.1, -0.05) is 35.9 Å². The Kier molecular flexibility index (Phi) is 4.85. The minimum absolute atomic E-state index is 0.0660. The molecule has 0 aromatic heterocycles. The van der Waals surface area contributed by atoms with Crippen molar-refractivity contribution >= 4 is 23.4 Å². The molecule has 1 aliphatic heterocycles. The molecule has 6 heteroatoms. The number of hydrogen-bond donors (Lipinski definition) is 1. The highest BCUT2D eigenvalue weighted by Crippen LogP contribution is 2.56. The van der Waals surface area contributed by atoms with Gasteiger partial charge in [-0.25, -0.2) is 0 Å². The fraction of sp³-hybridized carbons (Fsp3) is 0.333. The maximum Gasteiger partial charge on any atom is 0.233 e. The first kappa shape index (κ1) is 21.3. The Balaban J connectivity index is 1.74. The normalized spacial score (nSPS) is 28.8. The molecular weight excluding hydrogens is 418 g/mol. The molecule has 1 saturated heterocycles. The molecule has 6 nitrogen and oxygen atoms in total. The zero-order valence-corrected chi connectivity index (χ0v) is 18.6. The number of fused-ring (bicyclic) bond motifs is 3. The van der Waals surface area contributed by atoms with E-state index in [2.05, 4.69) is 6.58 Å². The molecule has 4 atom stereocenters. The fourth-order valence-corrected chi connectivity index (χ4v) is 6.04. The van der Waals surface area contributed by atoms with E-state index in [1.165, 1.54) is 18.0 Å². The van der Waals surface area contributed by atoms with Crippen molar-refractivity contribution in [2.24, 2.45) is 17.8 Å². The molecule has 1 aromatic carbocycles. The molecule has 1 heterocycles. The number of Topliss-reactive ketones (excluding diaryl/α,β-unsaturated/α-hetero) is 1. The first-order valence-corrected chi connectivity index (χ1v) is 11.2. The number of hydrogen-bond acceptors (Lipinski definition) is 5. The van der Waals surface area contributed by atoms with Crippen LogP contribution in [0.25, 0.3) is 0 Å². The van der Waals surface area contributed by atoms with Gasteiger partial charge in [0.25, 0.3) is 0 Å². The summed E-state index contributed by atoms with van der Waals surface area (Å²) >= 11 is 0. The Morgan fingerprint density at radius 3 is 2.64 bits per heavy atom. The summed E-state index contributed by atoms with van der Waals surface area (Å²) in [6.07, 6.45) is 6.10. The molecule has 0 bridgehead atoms. The van der Waals surface area contributed by atoms with Crippen LogP contribution in [0.5, 0.6) is 5.75 Å². The largest absolute Gasteiger partial charge is 0.507 e. The number of benzene rings is 1. The molecule has 33 heavy (non-hydrogen) atoms. The Hall–Kier alpha value is -3.54. The van der Waals surface area contributed by atoms with Gasteiger partial charge in [-0.05, 0) is 43.7 Å². The van der Waals surface area contributed by atoms with Gasteiger partial charge in [-0.15, -0.1) is 6.58 Å². The minimum atomic E-state index is -0.640. The first-order chi connectivity index (χ1) is 15.8. The summed E-state index contributed by atoms with van der Waals surface area (Å²) in [4.78, 5) is 53.3. The third kappa shape index (κ3) is 2.93. The van der Waals surface area contributed by atoms with Crippen molar-refractivity contribution in [1.82, 2.24) is 4.90 Å². The third-order valence-corrected chi connectivity index (χ3v) is 7.61. The number of aromatic hydroxyl groups is 1. The number of likely N-dealkylation sites (tertiary alicyclic amines) is 1. The summed E-state index contributed by atoms with van der Waals surface area (Å²) in [5, 5.41) is 11.2. The summed E-state index contributed by atoms with van der Waals surface area (Å²) in [5.74, 6) is -2.85. The molecule has 5 rings (SSSR count). The number of ketones is 2. The Morgan fingerprint density at radius 1 is 1.15 bits per heavy atom. The Labute approximate surface area is 192 Å². The zero-order valence-electron chi connectivity index (χ0n) is 18.6. The Morgan fingerprint density at radius 2 is 1.91 bits per heavy atom. The maximum atomic E-state index is 13.3. The zero-order chi connectivity index (χ0) is 23.6. The molecule has 168 valence electrons. The van der Waals surface area contributed by atoms with E-state index >= 15 is 0 Å². The van der Waals surface area contributed by atoms with Gasteiger partial charge in [0.1, 0.15) is 5.75 Å². The van der Waals surface area contributed by atoms with Crippen molar-refractivity contribution in [2.45, 2.75) is 32.1 Å². The number of amides is 2. The fourth-order valence-electron chi connectivity index (χ4n) is 6.04. The van der Waals surface area contributed by atoms with E-state index in [1.54, 1.807) is 25.1 Å². The standard InChI is InChI=1S/C27H25NO5/c1-4-6-14-7-5-8-16(25(14)31)21-15-9-10-17-22(27(33)28(3)26(17)32)18(15)12-19-20(29)11-13(2)24(30)23(19)21/h4-5,7-9,11,17-18,21-22,31H,1,6,10,12H2,2-3H3. The van der Waals surface area contributed by atoms with Gasteiger partial charge < -0.3 is 5.11 Å². The van der Waals surface area contributed by atoms with Crippen molar-refractivity contribution in [3.05, 3.63) is 76.4 Å². The minimum Gasteiger partial charge on any atom is -0.507 e. The molecule has 0 saturated carbocycles. The van der Waals surface area contributed by atoms with Crippen LogP contribution in [0.15, 0.2) is 65.3 Å². The van der Waals surface area contributed by atoms with Crippen molar-refractivity contribution in [2.75, 3.05) is 7.05 Å². The molecule has 2 amide bonds. The summed E-state index contributed by atoms with van der Waals surface area (Å²) in [6, 6.07) is 5.39. The molecule has 4 unspecified atom stereocenters. The van der Waals surface area contributed by atoms with Gasteiger partial charge in [0, 0.05) is 35.2 Å². The summed E-state index contributed by atoms with van der Waals surface area (Å²) in [6.45, 7) is 5.37. The second-order valence-corrected chi connectivity index (χ2v) is 9.31. The monoisotopic (exact) mass is 443 g/mol. The number of phenolic OH excluding ortho intramolecular Hbond substituents is 1. The topological polar surface area (TPSA) is 91.8 Å². The molecule has 3 aliphatic carbocycles. The van der Waals surface area contributed by atoms with E-state index < -0.39 is 17.8 Å². The van der Waals surface area contributed by atoms with Crippen LogP contribution in [0.3, 0.4) is 0 Å². The second-order valence-electron chi connectivity index (χ2n) is 9.31. The number of rotatable bonds is 3. The number of imide groups is 1. The smallest absolute Gasteiger partial charge is 0.233 e. The lowest BCUT2D eigenvalue weighted by Gasteiger charge is -2.42. The van der Waals surface area contributed by atoms with Crippen LogP contribution >= 0.6 is 0 Å². The van der Waals surface area contributed by atoms with Crippen LogP contribution in [0.2, 0.25) is 0 Å². The molecule has 0 radical (unpaired) electrons. The van der Waals surface area contributed by atoms with Gasteiger partial charge >= 0.3 is 0 Å². The predicted molar refractivity (Wildman–Crippen MR) is 121 cm³/mol. The van der Waals surface area contributed by atoms with Crippen LogP contribution in [-0.2, 0) is 25.6 Å². The Bertz CT molecular complexity index is 1250.